The maximum atomic E-state index is 13.3. The molecular weight excluding hydrogens is 478 g/mol. The lowest BCUT2D eigenvalue weighted by Crippen LogP contribution is -2.29. The van der Waals surface area contributed by atoms with Gasteiger partial charge in [-0.15, -0.1) is 5.11 Å². The number of hydrogen-bond donors (Lipinski definition) is 3. The largest absolute Gasteiger partial charge is 0.505 e. The molecule has 0 aromatic heterocycles. The minimum absolute atomic E-state index is 0.0661. The number of azo groups is 1. The van der Waals surface area contributed by atoms with Crippen molar-refractivity contribution in [2.75, 3.05) is 0 Å². The van der Waals surface area contributed by atoms with E-state index in [0.29, 0.717) is 22.9 Å². The van der Waals surface area contributed by atoms with Crippen LogP contribution in [0.3, 0.4) is 0 Å². The van der Waals surface area contributed by atoms with Crippen LogP contribution in [0.5, 0.6) is 5.75 Å². The van der Waals surface area contributed by atoms with Gasteiger partial charge < -0.3 is 10.4 Å². The molecule has 0 fully saturated rings. The summed E-state index contributed by atoms with van der Waals surface area (Å²) in [5.74, 6) is -0.758. The average molecular weight is 500 g/mol. The van der Waals surface area contributed by atoms with Crippen LogP contribution in [0.1, 0.15) is 33.9 Å². The predicted octanol–water partition coefficient (Wildman–Crippen LogP) is 6.10. The number of benzene rings is 4. The first-order valence-electron chi connectivity index (χ1n) is 11.1. The van der Waals surface area contributed by atoms with Gasteiger partial charge in [-0.2, -0.15) is 13.5 Å². The zero-order chi connectivity index (χ0) is 25.3. The van der Waals surface area contributed by atoms with Crippen molar-refractivity contribution in [1.29, 1.82) is 0 Å². The fourth-order valence-electron chi connectivity index (χ4n) is 4.20. The van der Waals surface area contributed by atoms with Gasteiger partial charge in [0.2, 0.25) is 0 Å². The van der Waals surface area contributed by atoms with Gasteiger partial charge in [-0.1, -0.05) is 60.7 Å². The van der Waals surface area contributed by atoms with Gasteiger partial charge in [0.25, 0.3) is 16.0 Å². The van der Waals surface area contributed by atoms with Gasteiger partial charge in [0.1, 0.15) is 5.69 Å². The zero-order valence-electron chi connectivity index (χ0n) is 18.9. The van der Waals surface area contributed by atoms with Crippen molar-refractivity contribution in [3.8, 4) is 5.75 Å². The molecule has 1 aliphatic rings. The molecule has 180 valence electrons. The lowest BCUT2D eigenvalue weighted by molar-refractivity contribution is 0.0934. The first kappa shape index (κ1) is 23.4. The normalized spacial score (nSPS) is 15.2. The maximum absolute atomic E-state index is 13.3. The number of carbonyl (C=O) groups excluding carboxylic acids is 1. The Labute approximate surface area is 207 Å². The van der Waals surface area contributed by atoms with Crippen LogP contribution in [0.2, 0.25) is 0 Å². The summed E-state index contributed by atoms with van der Waals surface area (Å²) in [4.78, 5) is 13.0. The Morgan fingerprint density at radius 1 is 0.944 bits per heavy atom. The molecule has 0 bridgehead atoms. The van der Waals surface area contributed by atoms with E-state index in [1.54, 1.807) is 18.2 Å². The number of nitrogens with zero attached hydrogens (tertiary/aromatic N) is 2. The van der Waals surface area contributed by atoms with Gasteiger partial charge in [0, 0.05) is 5.39 Å². The van der Waals surface area contributed by atoms with E-state index in [2.05, 4.69) is 15.5 Å². The molecule has 4 aromatic carbocycles. The average Bonchev–Trinajstić information content (AvgIpc) is 2.88. The minimum atomic E-state index is -4.33. The van der Waals surface area contributed by atoms with E-state index < -0.39 is 16.0 Å². The summed E-state index contributed by atoms with van der Waals surface area (Å²) in [7, 11) is -4.33. The Morgan fingerprint density at radius 3 is 2.44 bits per heavy atom. The molecule has 9 heteroatoms. The fraction of sp³-hybridized carbons (Fsp3) is 0.0741. The summed E-state index contributed by atoms with van der Waals surface area (Å²) in [6, 6.07) is 21.5. The molecule has 1 unspecified atom stereocenters. The van der Waals surface area contributed by atoms with E-state index in [4.69, 9.17) is 4.55 Å². The van der Waals surface area contributed by atoms with Crippen LogP contribution in [0.25, 0.3) is 16.8 Å². The van der Waals surface area contributed by atoms with Crippen LogP contribution in [0.15, 0.2) is 100 Å². The third-order valence-corrected chi connectivity index (χ3v) is 6.85. The fourth-order valence-corrected chi connectivity index (χ4v) is 4.68. The third kappa shape index (κ3) is 4.61. The molecule has 1 amide bonds. The second-order valence-corrected chi connectivity index (χ2v) is 9.73. The summed E-state index contributed by atoms with van der Waals surface area (Å²) in [6.07, 6.45) is 4.65. The van der Waals surface area contributed by atoms with Gasteiger partial charge in [0.15, 0.2) is 5.75 Å². The number of fused-ring (bicyclic) bond motifs is 2. The summed E-state index contributed by atoms with van der Waals surface area (Å²) < 4.78 is 31.6. The number of carbonyl (C=O) groups is 1. The molecule has 4 aromatic rings. The molecule has 36 heavy (non-hydrogen) atoms. The topological polar surface area (TPSA) is 128 Å². The SMILES string of the molecule is O=C(NC1CC=Cc2ccccc21)c1cc2ccccc2c(/N=N/c2ccc(S(=O)(=O)O)cc2)c1O. The predicted molar refractivity (Wildman–Crippen MR) is 136 cm³/mol. The molecule has 1 aliphatic carbocycles. The number of amides is 1. The molecular formula is C27H21N3O5S. The Hall–Kier alpha value is -4.34. The molecule has 0 radical (unpaired) electrons. The molecule has 0 saturated carbocycles. The maximum Gasteiger partial charge on any atom is 0.294 e. The van der Waals surface area contributed by atoms with Gasteiger partial charge in [0.05, 0.1) is 22.2 Å². The first-order chi connectivity index (χ1) is 17.3. The van der Waals surface area contributed by atoms with E-state index in [1.807, 2.05) is 48.6 Å². The highest BCUT2D eigenvalue weighted by Gasteiger charge is 2.23. The number of hydrogen-bond acceptors (Lipinski definition) is 6. The molecule has 1 atom stereocenters. The quantitative estimate of drug-likeness (QED) is 0.226. The zero-order valence-corrected chi connectivity index (χ0v) is 19.7. The van der Waals surface area contributed by atoms with Crippen LogP contribution < -0.4 is 5.32 Å². The lowest BCUT2D eigenvalue weighted by Gasteiger charge is -2.23. The summed E-state index contributed by atoms with van der Waals surface area (Å²) >= 11 is 0. The highest BCUT2D eigenvalue weighted by molar-refractivity contribution is 7.85. The Balaban J connectivity index is 1.50. The van der Waals surface area contributed by atoms with Crippen LogP contribution in [-0.2, 0) is 10.1 Å². The Kier molecular flexibility index (Phi) is 6.09. The van der Waals surface area contributed by atoms with Crippen molar-refractivity contribution in [3.63, 3.8) is 0 Å². The van der Waals surface area contributed by atoms with Crippen molar-refractivity contribution >= 4 is 44.2 Å². The molecule has 0 saturated heterocycles. The second-order valence-electron chi connectivity index (χ2n) is 8.30. The van der Waals surface area contributed by atoms with Gasteiger partial charge >= 0.3 is 0 Å². The van der Waals surface area contributed by atoms with E-state index >= 15 is 0 Å². The lowest BCUT2D eigenvalue weighted by atomic mass is 9.92. The van der Waals surface area contributed by atoms with Crippen molar-refractivity contribution in [1.82, 2.24) is 5.32 Å². The highest BCUT2D eigenvalue weighted by atomic mass is 32.2. The number of nitrogens with one attached hydrogen (secondary N) is 1. The smallest absolute Gasteiger partial charge is 0.294 e. The number of phenolic OH excluding ortho intramolecular Hbond substituents is 1. The first-order valence-corrected chi connectivity index (χ1v) is 12.6. The number of rotatable bonds is 5. The highest BCUT2D eigenvalue weighted by Crippen LogP contribution is 2.40. The van der Waals surface area contributed by atoms with Gasteiger partial charge in [-0.25, -0.2) is 0 Å². The number of aromatic hydroxyl groups is 1. The summed E-state index contributed by atoms with van der Waals surface area (Å²) in [6.45, 7) is 0. The van der Waals surface area contributed by atoms with E-state index in [-0.39, 0.29) is 27.9 Å². The Morgan fingerprint density at radius 2 is 1.67 bits per heavy atom. The van der Waals surface area contributed by atoms with Gasteiger partial charge in [-0.05, 0) is 53.3 Å². The van der Waals surface area contributed by atoms with Crippen molar-refractivity contribution in [2.24, 2.45) is 10.2 Å². The second kappa shape index (κ2) is 9.37. The van der Waals surface area contributed by atoms with E-state index in [0.717, 1.165) is 11.1 Å². The number of phenols is 1. The summed E-state index contributed by atoms with van der Waals surface area (Å²) in [5.41, 5.74) is 2.51. The van der Waals surface area contributed by atoms with E-state index in [1.165, 1.54) is 24.3 Å². The molecule has 5 rings (SSSR count). The van der Waals surface area contributed by atoms with Crippen molar-refractivity contribution in [2.45, 2.75) is 17.4 Å². The van der Waals surface area contributed by atoms with Crippen LogP contribution in [0, 0.1) is 0 Å². The third-order valence-electron chi connectivity index (χ3n) is 5.99. The van der Waals surface area contributed by atoms with Crippen molar-refractivity contribution in [3.05, 3.63) is 102 Å². The molecule has 8 nitrogen and oxygen atoms in total. The van der Waals surface area contributed by atoms with Crippen LogP contribution >= 0.6 is 0 Å². The standard InChI is InChI=1S/C27H21N3O5S/c31-26-23(27(32)28-24-11-5-8-17-6-1-3-9-21(17)24)16-18-7-2-4-10-22(18)25(26)30-29-19-12-14-20(15-13-19)36(33,34)35/h1-10,12-16,24,31H,11H2,(H,28,32)(H,33,34,35)/b30-29+. The Bertz CT molecular complexity index is 1640. The van der Waals surface area contributed by atoms with E-state index in [9.17, 15) is 18.3 Å². The molecule has 3 N–H and O–H groups in total. The van der Waals surface area contributed by atoms with Crippen LogP contribution in [-0.4, -0.2) is 24.0 Å². The van der Waals surface area contributed by atoms with Gasteiger partial charge in [-0.3, -0.25) is 9.35 Å². The molecule has 0 heterocycles. The van der Waals surface area contributed by atoms with Crippen LogP contribution in [0.4, 0.5) is 11.4 Å². The monoisotopic (exact) mass is 499 g/mol. The summed E-state index contributed by atoms with van der Waals surface area (Å²) in [5, 5.41) is 23.7. The van der Waals surface area contributed by atoms with Crippen molar-refractivity contribution < 1.29 is 22.9 Å². The molecule has 0 aliphatic heterocycles. The minimum Gasteiger partial charge on any atom is -0.505 e. The molecule has 0 spiro atoms.